The first-order chi connectivity index (χ1) is 11.6. The lowest BCUT2D eigenvalue weighted by Crippen LogP contribution is -2.17. The molecule has 10 heteroatoms. The molecule has 0 heterocycles. The molecule has 0 atom stereocenters. The fourth-order valence-electron chi connectivity index (χ4n) is 1.99. The molecular formula is C15H7F7O3. The first-order valence-electron chi connectivity index (χ1n) is 6.37. The van der Waals surface area contributed by atoms with Crippen LogP contribution in [-0.2, 0) is 4.74 Å². The Morgan fingerprint density at radius 2 is 1.36 bits per heavy atom. The molecule has 0 spiro atoms. The smallest absolute Gasteiger partial charge is 0.465 e. The van der Waals surface area contributed by atoms with E-state index in [9.17, 15) is 35.5 Å². The van der Waals surface area contributed by atoms with Crippen molar-refractivity contribution < 1.29 is 45.0 Å². The number of rotatable bonds is 3. The number of benzene rings is 2. The summed E-state index contributed by atoms with van der Waals surface area (Å²) in [5.74, 6) is -10.1. The Morgan fingerprint density at radius 3 is 1.76 bits per heavy atom. The first kappa shape index (κ1) is 18.6. The van der Waals surface area contributed by atoms with Gasteiger partial charge in [0, 0.05) is 0 Å². The third-order valence-corrected chi connectivity index (χ3v) is 3.03. The van der Waals surface area contributed by atoms with Gasteiger partial charge >= 0.3 is 12.3 Å². The van der Waals surface area contributed by atoms with Gasteiger partial charge in [-0.3, -0.25) is 0 Å². The van der Waals surface area contributed by atoms with Crippen LogP contribution in [0, 0.1) is 23.3 Å². The molecule has 3 nitrogen and oxygen atoms in total. The van der Waals surface area contributed by atoms with Gasteiger partial charge in [-0.15, -0.1) is 13.2 Å². The zero-order valence-electron chi connectivity index (χ0n) is 12.2. The number of carbonyl (C=O) groups is 1. The molecule has 0 bridgehead atoms. The quantitative estimate of drug-likeness (QED) is 0.452. The number of hydrogen-bond donors (Lipinski definition) is 0. The summed E-state index contributed by atoms with van der Waals surface area (Å²) >= 11 is 0. The number of esters is 1. The fourth-order valence-corrected chi connectivity index (χ4v) is 1.99. The van der Waals surface area contributed by atoms with E-state index < -0.39 is 58.0 Å². The average Bonchev–Trinajstić information content (AvgIpc) is 2.53. The molecule has 0 aliphatic carbocycles. The molecule has 0 aromatic heterocycles. The van der Waals surface area contributed by atoms with Crippen molar-refractivity contribution in [3.63, 3.8) is 0 Å². The second-order valence-electron chi connectivity index (χ2n) is 4.57. The van der Waals surface area contributed by atoms with Crippen molar-refractivity contribution in [3.05, 3.63) is 53.1 Å². The minimum atomic E-state index is -4.99. The number of halogens is 7. The Kier molecular flexibility index (Phi) is 4.91. The van der Waals surface area contributed by atoms with Gasteiger partial charge in [-0.1, -0.05) is 12.1 Å². The molecule has 0 N–H and O–H groups in total. The van der Waals surface area contributed by atoms with Crippen LogP contribution in [0.2, 0.25) is 0 Å². The number of carbonyl (C=O) groups excluding carboxylic acids is 1. The van der Waals surface area contributed by atoms with Crippen molar-refractivity contribution in [1.29, 1.82) is 0 Å². The Hall–Kier alpha value is -2.78. The highest BCUT2D eigenvalue weighted by molar-refractivity contribution is 5.91. The van der Waals surface area contributed by atoms with Crippen LogP contribution in [0.1, 0.15) is 10.4 Å². The van der Waals surface area contributed by atoms with Crippen molar-refractivity contribution in [2.75, 3.05) is 7.11 Å². The van der Waals surface area contributed by atoms with Gasteiger partial charge in [0.2, 0.25) is 0 Å². The SMILES string of the molecule is COC(=O)c1c(F)c(F)c(-c2ccc(OC(F)(F)F)cc2)c(F)c1F. The maximum absolute atomic E-state index is 14.1. The fraction of sp³-hybridized carbons (Fsp3) is 0.133. The van der Waals surface area contributed by atoms with E-state index in [1.165, 1.54) is 0 Å². The molecule has 0 saturated heterocycles. The maximum Gasteiger partial charge on any atom is 0.573 e. The Labute approximate surface area is 135 Å². The predicted octanol–water partition coefficient (Wildman–Crippen LogP) is 4.60. The van der Waals surface area contributed by atoms with Gasteiger partial charge in [0.15, 0.2) is 23.3 Å². The first-order valence-corrected chi connectivity index (χ1v) is 6.37. The maximum atomic E-state index is 14.1. The summed E-state index contributed by atoms with van der Waals surface area (Å²) < 4.78 is 99.7. The molecule has 0 saturated carbocycles. The number of alkyl halides is 3. The molecule has 134 valence electrons. The second kappa shape index (κ2) is 6.61. The highest BCUT2D eigenvalue weighted by Gasteiger charge is 2.32. The van der Waals surface area contributed by atoms with E-state index in [2.05, 4.69) is 9.47 Å². The second-order valence-corrected chi connectivity index (χ2v) is 4.57. The zero-order valence-corrected chi connectivity index (χ0v) is 12.2. The van der Waals surface area contributed by atoms with Gasteiger partial charge in [-0.25, -0.2) is 22.4 Å². The molecular weight excluding hydrogens is 361 g/mol. The van der Waals surface area contributed by atoms with Gasteiger partial charge in [-0.05, 0) is 17.7 Å². The van der Waals surface area contributed by atoms with Crippen LogP contribution in [0.3, 0.4) is 0 Å². The van der Waals surface area contributed by atoms with Crippen LogP contribution in [0.15, 0.2) is 24.3 Å². The summed E-state index contributed by atoms with van der Waals surface area (Å²) in [5, 5.41) is 0. The summed E-state index contributed by atoms with van der Waals surface area (Å²) in [5.41, 5.74) is -3.22. The normalized spacial score (nSPS) is 11.4. The summed E-state index contributed by atoms with van der Waals surface area (Å²) in [6, 6.07) is 2.93. The van der Waals surface area contributed by atoms with Crippen molar-refractivity contribution in [2.45, 2.75) is 6.36 Å². The molecule has 0 radical (unpaired) electrons. The summed E-state index contributed by atoms with van der Waals surface area (Å²) in [6.45, 7) is 0. The van der Waals surface area contributed by atoms with Gasteiger partial charge in [0.1, 0.15) is 11.3 Å². The van der Waals surface area contributed by atoms with E-state index in [1.807, 2.05) is 0 Å². The lowest BCUT2D eigenvalue weighted by atomic mass is 10.0. The Morgan fingerprint density at radius 1 is 0.880 bits per heavy atom. The third-order valence-electron chi connectivity index (χ3n) is 3.03. The molecule has 25 heavy (non-hydrogen) atoms. The molecule has 0 amide bonds. The molecule has 0 aliphatic rings. The number of methoxy groups -OCH3 is 1. The highest BCUT2D eigenvalue weighted by Crippen LogP contribution is 2.34. The van der Waals surface area contributed by atoms with Gasteiger partial charge in [0.05, 0.1) is 12.7 Å². The van der Waals surface area contributed by atoms with Crippen molar-refractivity contribution in [2.24, 2.45) is 0 Å². The third kappa shape index (κ3) is 3.67. The molecule has 2 rings (SSSR count). The van der Waals surface area contributed by atoms with E-state index in [0.717, 1.165) is 19.2 Å². The van der Waals surface area contributed by atoms with E-state index in [1.54, 1.807) is 0 Å². The topological polar surface area (TPSA) is 35.5 Å². The standard InChI is InChI=1S/C15H7F7O3/c1-24-14(23)9-12(18)10(16)8(11(17)13(9)19)6-2-4-7(5-3-6)25-15(20,21)22/h2-5H,1H3. The minimum absolute atomic E-state index is 0.473. The molecule has 0 unspecified atom stereocenters. The summed E-state index contributed by atoms with van der Waals surface area (Å²) in [7, 11) is 0.754. The van der Waals surface area contributed by atoms with Crippen molar-refractivity contribution in [1.82, 2.24) is 0 Å². The predicted molar refractivity (Wildman–Crippen MR) is 69.7 cm³/mol. The van der Waals surface area contributed by atoms with Crippen LogP contribution in [0.5, 0.6) is 5.75 Å². The van der Waals surface area contributed by atoms with E-state index in [-0.39, 0.29) is 0 Å². The minimum Gasteiger partial charge on any atom is -0.465 e. The number of ether oxygens (including phenoxy) is 2. The van der Waals surface area contributed by atoms with Gasteiger partial charge < -0.3 is 9.47 Å². The van der Waals surface area contributed by atoms with Crippen molar-refractivity contribution in [3.8, 4) is 16.9 Å². The summed E-state index contributed by atoms with van der Waals surface area (Å²) in [4.78, 5) is 11.2. The monoisotopic (exact) mass is 368 g/mol. The molecule has 0 aliphatic heterocycles. The van der Waals surface area contributed by atoms with Crippen molar-refractivity contribution >= 4 is 5.97 Å². The largest absolute Gasteiger partial charge is 0.573 e. The van der Waals surface area contributed by atoms with E-state index in [4.69, 9.17) is 0 Å². The van der Waals surface area contributed by atoms with Crippen LogP contribution < -0.4 is 4.74 Å². The van der Waals surface area contributed by atoms with E-state index >= 15 is 0 Å². The van der Waals surface area contributed by atoms with Crippen LogP contribution in [0.4, 0.5) is 30.7 Å². The number of hydrogen-bond acceptors (Lipinski definition) is 3. The summed E-state index contributed by atoms with van der Waals surface area (Å²) in [6.07, 6.45) is -4.99. The molecule has 2 aromatic rings. The molecule has 2 aromatic carbocycles. The lowest BCUT2D eigenvalue weighted by molar-refractivity contribution is -0.274. The Balaban J connectivity index is 2.55. The zero-order chi connectivity index (χ0) is 18.9. The van der Waals surface area contributed by atoms with Gasteiger partial charge in [-0.2, -0.15) is 0 Å². The van der Waals surface area contributed by atoms with Crippen LogP contribution in [-0.4, -0.2) is 19.4 Å². The van der Waals surface area contributed by atoms with Crippen LogP contribution >= 0.6 is 0 Å². The molecule has 0 fully saturated rings. The van der Waals surface area contributed by atoms with Gasteiger partial charge in [0.25, 0.3) is 0 Å². The van der Waals surface area contributed by atoms with Crippen LogP contribution in [0.25, 0.3) is 11.1 Å². The Bertz CT molecular complexity index is 784. The lowest BCUT2D eigenvalue weighted by Gasteiger charge is -2.12. The highest BCUT2D eigenvalue weighted by atomic mass is 19.4. The van der Waals surface area contributed by atoms with E-state index in [0.29, 0.717) is 12.1 Å². The average molecular weight is 368 g/mol.